The summed E-state index contributed by atoms with van der Waals surface area (Å²) in [6, 6.07) is 0.0262. The fourth-order valence-electron chi connectivity index (χ4n) is 0.785. The van der Waals surface area contributed by atoms with Crippen molar-refractivity contribution in [1.82, 2.24) is 4.98 Å². The fraction of sp³-hybridized carbons (Fsp3) is 0.571. The molecule has 0 spiro atoms. The van der Waals surface area contributed by atoms with E-state index >= 15 is 0 Å². The van der Waals surface area contributed by atoms with Gasteiger partial charge in [0.25, 0.3) is 0 Å². The lowest BCUT2D eigenvalue weighted by atomic mass is 10.4. The smallest absolute Gasteiger partial charge is 0.359 e. The van der Waals surface area contributed by atoms with Crippen LogP contribution in [0.25, 0.3) is 0 Å². The Balaban J connectivity index is 2.94. The molecule has 0 aliphatic rings. The van der Waals surface area contributed by atoms with Crippen molar-refractivity contribution >= 4 is 28.1 Å². The molecule has 2 nitrogen and oxygen atoms in total. The van der Waals surface area contributed by atoms with E-state index in [9.17, 15) is 13.2 Å². The van der Waals surface area contributed by atoms with E-state index in [0.29, 0.717) is 0 Å². The summed E-state index contributed by atoms with van der Waals surface area (Å²) in [5, 5.41) is 2.95. The first kappa shape index (κ1) is 11.6. The second-order valence-corrected chi connectivity index (χ2v) is 4.54. The molecule has 0 aliphatic carbocycles. The van der Waals surface area contributed by atoms with Crippen molar-refractivity contribution in [3.8, 4) is 0 Å². The topological polar surface area (TPSA) is 24.9 Å². The average molecular weight is 245 g/mol. The minimum Gasteiger partial charge on any atom is -0.359 e. The summed E-state index contributed by atoms with van der Waals surface area (Å²) in [6.07, 6.45) is -4.48. The number of nitrogens with zero attached hydrogens (tertiary/aromatic N) is 1. The maximum Gasteiger partial charge on any atom is 0.435 e. The quantitative estimate of drug-likeness (QED) is 0.859. The van der Waals surface area contributed by atoms with E-state index in [-0.39, 0.29) is 15.5 Å². The van der Waals surface area contributed by atoms with Gasteiger partial charge in [-0.3, -0.25) is 0 Å². The van der Waals surface area contributed by atoms with Crippen LogP contribution in [0.15, 0.2) is 0 Å². The highest BCUT2D eigenvalue weighted by molar-refractivity contribution is 7.19. The predicted octanol–water partition coefficient (Wildman–Crippen LogP) is 3.64. The molecule has 1 N–H and O–H groups in total. The number of aromatic nitrogens is 1. The summed E-state index contributed by atoms with van der Waals surface area (Å²) < 4.78 is 36.4. The van der Waals surface area contributed by atoms with Crippen LogP contribution in [0.4, 0.5) is 18.3 Å². The molecular weight excluding hydrogens is 237 g/mol. The first-order valence-electron chi connectivity index (χ1n) is 3.80. The van der Waals surface area contributed by atoms with Crippen LogP contribution >= 0.6 is 22.9 Å². The second-order valence-electron chi connectivity index (χ2n) is 2.94. The van der Waals surface area contributed by atoms with Crippen molar-refractivity contribution in [3.63, 3.8) is 0 Å². The predicted molar refractivity (Wildman–Crippen MR) is 50.9 cm³/mol. The van der Waals surface area contributed by atoms with Gasteiger partial charge < -0.3 is 5.32 Å². The molecule has 1 rings (SSSR count). The fourth-order valence-corrected chi connectivity index (χ4v) is 2.01. The maximum atomic E-state index is 12.2. The first-order valence-corrected chi connectivity index (χ1v) is 5.00. The highest BCUT2D eigenvalue weighted by Gasteiger charge is 2.37. The van der Waals surface area contributed by atoms with Gasteiger partial charge in [0.05, 0.1) is 0 Å². The molecule has 0 saturated heterocycles. The monoisotopic (exact) mass is 244 g/mol. The van der Waals surface area contributed by atoms with Gasteiger partial charge in [0, 0.05) is 6.04 Å². The van der Waals surface area contributed by atoms with Crippen molar-refractivity contribution in [2.24, 2.45) is 0 Å². The highest BCUT2D eigenvalue weighted by atomic mass is 35.5. The van der Waals surface area contributed by atoms with Gasteiger partial charge in [-0.05, 0) is 13.8 Å². The van der Waals surface area contributed by atoms with Crippen molar-refractivity contribution < 1.29 is 13.2 Å². The van der Waals surface area contributed by atoms with Gasteiger partial charge in [0.1, 0.15) is 4.34 Å². The molecule has 0 amide bonds. The van der Waals surface area contributed by atoms with Crippen LogP contribution in [-0.4, -0.2) is 11.0 Å². The Morgan fingerprint density at radius 2 is 2.00 bits per heavy atom. The molecule has 0 radical (unpaired) electrons. The van der Waals surface area contributed by atoms with E-state index in [1.165, 1.54) is 0 Å². The molecule has 0 atom stereocenters. The minimum absolute atomic E-state index is 0.0262. The average Bonchev–Trinajstić information content (AvgIpc) is 2.27. The Morgan fingerprint density at radius 3 is 2.36 bits per heavy atom. The van der Waals surface area contributed by atoms with Crippen molar-refractivity contribution in [1.29, 1.82) is 0 Å². The van der Waals surface area contributed by atoms with Gasteiger partial charge in [-0.15, -0.1) is 0 Å². The van der Waals surface area contributed by atoms with Gasteiger partial charge >= 0.3 is 6.18 Å². The lowest BCUT2D eigenvalue weighted by Crippen LogP contribution is -2.11. The van der Waals surface area contributed by atoms with E-state index in [0.717, 1.165) is 11.3 Å². The number of nitrogens with one attached hydrogen (secondary N) is 1. The van der Waals surface area contributed by atoms with Crippen LogP contribution in [0.3, 0.4) is 0 Å². The molecule has 0 fully saturated rings. The molecule has 80 valence electrons. The van der Waals surface area contributed by atoms with Gasteiger partial charge in [-0.25, -0.2) is 4.98 Å². The summed E-state index contributed by atoms with van der Waals surface area (Å²) >= 11 is 6.20. The van der Waals surface area contributed by atoms with Crippen LogP contribution in [0.5, 0.6) is 0 Å². The Morgan fingerprint density at radius 1 is 1.43 bits per heavy atom. The number of thiazole rings is 1. The molecule has 0 saturated carbocycles. The lowest BCUT2D eigenvalue weighted by Gasteiger charge is -2.04. The van der Waals surface area contributed by atoms with Crippen molar-refractivity contribution in [2.45, 2.75) is 26.1 Å². The molecule has 1 heterocycles. The normalized spacial score (nSPS) is 12.2. The van der Waals surface area contributed by atoms with Crippen LogP contribution in [0.1, 0.15) is 19.5 Å². The zero-order valence-electron chi connectivity index (χ0n) is 7.44. The molecule has 0 aliphatic heterocycles. The van der Waals surface area contributed by atoms with Gasteiger partial charge in [0.15, 0.2) is 10.8 Å². The third-order valence-corrected chi connectivity index (χ3v) is 2.45. The van der Waals surface area contributed by atoms with E-state index in [4.69, 9.17) is 11.6 Å². The Labute approximate surface area is 88.1 Å². The lowest BCUT2D eigenvalue weighted by molar-refractivity contribution is -0.140. The van der Waals surface area contributed by atoms with E-state index in [2.05, 4.69) is 10.3 Å². The molecule has 7 heteroatoms. The third kappa shape index (κ3) is 2.75. The molecule has 0 aromatic carbocycles. The van der Waals surface area contributed by atoms with Crippen LogP contribution in [0, 0.1) is 0 Å². The zero-order valence-corrected chi connectivity index (χ0v) is 9.02. The van der Waals surface area contributed by atoms with Crippen LogP contribution in [0.2, 0.25) is 4.34 Å². The SMILES string of the molecule is CC(C)Nc1nc(C(F)(F)F)c(Cl)s1. The third-order valence-electron chi connectivity index (χ3n) is 1.27. The van der Waals surface area contributed by atoms with Gasteiger partial charge in [0.2, 0.25) is 0 Å². The minimum atomic E-state index is -4.48. The summed E-state index contributed by atoms with van der Waals surface area (Å²) in [4.78, 5) is 3.37. The van der Waals surface area contributed by atoms with Crippen LogP contribution in [-0.2, 0) is 6.18 Å². The van der Waals surface area contributed by atoms with E-state index in [1.54, 1.807) is 0 Å². The molecule has 14 heavy (non-hydrogen) atoms. The number of rotatable bonds is 2. The second kappa shape index (κ2) is 3.94. The molecule has 0 unspecified atom stereocenters. The zero-order chi connectivity index (χ0) is 10.9. The number of alkyl halides is 3. The highest BCUT2D eigenvalue weighted by Crippen LogP contribution is 2.39. The molecule has 0 bridgehead atoms. The molecule has 1 aromatic heterocycles. The first-order chi connectivity index (χ1) is 6.30. The number of anilines is 1. The Hall–Kier alpha value is -0.490. The summed E-state index contributed by atoms with van der Waals surface area (Å²) in [7, 11) is 0. The summed E-state index contributed by atoms with van der Waals surface area (Å²) in [5.41, 5.74) is -1.02. The van der Waals surface area contributed by atoms with Crippen molar-refractivity contribution in [3.05, 3.63) is 10.0 Å². The number of halogens is 4. The number of hydrogen-bond donors (Lipinski definition) is 1. The summed E-state index contributed by atoms with van der Waals surface area (Å²) in [6.45, 7) is 3.62. The van der Waals surface area contributed by atoms with Gasteiger partial charge in [-0.2, -0.15) is 13.2 Å². The summed E-state index contributed by atoms with van der Waals surface area (Å²) in [5.74, 6) is 0. The van der Waals surface area contributed by atoms with Crippen LogP contribution < -0.4 is 5.32 Å². The van der Waals surface area contributed by atoms with E-state index in [1.807, 2.05) is 13.8 Å². The maximum absolute atomic E-state index is 12.2. The van der Waals surface area contributed by atoms with Gasteiger partial charge in [-0.1, -0.05) is 22.9 Å². The molecule has 1 aromatic rings. The van der Waals surface area contributed by atoms with Crippen molar-refractivity contribution in [2.75, 3.05) is 5.32 Å². The Bertz CT molecular complexity index is 321. The standard InChI is InChI=1S/C7H8ClF3N2S/c1-3(2)12-6-13-4(5(8)14-6)7(9,10)11/h3H,1-2H3,(H,12,13). The Kier molecular flexibility index (Phi) is 3.26. The van der Waals surface area contributed by atoms with E-state index < -0.39 is 11.9 Å². The number of hydrogen-bond acceptors (Lipinski definition) is 3. The largest absolute Gasteiger partial charge is 0.435 e. The molecular formula is C7H8ClF3N2S.